The van der Waals surface area contributed by atoms with Crippen molar-refractivity contribution >= 4 is 23.2 Å². The van der Waals surface area contributed by atoms with Crippen LogP contribution in [-0.2, 0) is 6.54 Å². The van der Waals surface area contributed by atoms with Crippen molar-refractivity contribution in [1.29, 1.82) is 0 Å². The minimum Gasteiger partial charge on any atom is -0.399 e. The van der Waals surface area contributed by atoms with Crippen molar-refractivity contribution in [2.75, 3.05) is 12.8 Å². The number of benzene rings is 1. The van der Waals surface area contributed by atoms with E-state index in [1.165, 1.54) is 0 Å². The van der Waals surface area contributed by atoms with Gasteiger partial charge in [0, 0.05) is 18.4 Å². The van der Waals surface area contributed by atoms with Gasteiger partial charge in [0.2, 0.25) is 0 Å². The predicted molar refractivity (Wildman–Crippen MR) is 80.6 cm³/mol. The smallest absolute Gasteiger partial charge is 0.255 e. The first-order chi connectivity index (χ1) is 9.47. The van der Waals surface area contributed by atoms with Crippen LogP contribution in [0, 0.1) is 6.92 Å². The zero-order valence-electron chi connectivity index (χ0n) is 11.4. The fraction of sp³-hybridized carbons (Fsp3) is 0.200. The molecule has 0 aliphatic carbocycles. The summed E-state index contributed by atoms with van der Waals surface area (Å²) in [4.78, 5) is 18.3. The molecule has 0 saturated heterocycles. The van der Waals surface area contributed by atoms with Crippen LogP contribution in [0.4, 0.5) is 5.69 Å². The minimum absolute atomic E-state index is 0.154. The highest BCUT2D eigenvalue weighted by Gasteiger charge is 2.15. The quantitative estimate of drug-likeness (QED) is 0.884. The van der Waals surface area contributed by atoms with Crippen LogP contribution >= 0.6 is 11.6 Å². The van der Waals surface area contributed by atoms with Gasteiger partial charge in [-0.1, -0.05) is 17.7 Å². The van der Waals surface area contributed by atoms with E-state index in [9.17, 15) is 4.79 Å². The summed E-state index contributed by atoms with van der Waals surface area (Å²) in [6, 6.07) is 10.6. The number of nitrogens with two attached hydrogens (primary N) is 1. The van der Waals surface area contributed by atoms with Gasteiger partial charge in [-0.05, 0) is 37.3 Å². The van der Waals surface area contributed by atoms with Gasteiger partial charge >= 0.3 is 0 Å². The Morgan fingerprint density at radius 3 is 2.75 bits per heavy atom. The molecule has 0 aliphatic heterocycles. The van der Waals surface area contributed by atoms with E-state index in [2.05, 4.69) is 4.98 Å². The lowest BCUT2D eigenvalue weighted by Gasteiger charge is -2.18. The zero-order valence-corrected chi connectivity index (χ0v) is 12.2. The standard InChI is InChI=1S/C15H16ClN3O/c1-10-4-3-5-12(18-10)9-19(2)15(20)13-7-6-11(17)8-14(13)16/h3-8H,9,17H2,1-2H3. The summed E-state index contributed by atoms with van der Waals surface area (Å²) < 4.78 is 0. The van der Waals surface area contributed by atoms with Gasteiger partial charge in [-0.25, -0.2) is 0 Å². The molecule has 5 heteroatoms. The lowest BCUT2D eigenvalue weighted by atomic mass is 10.1. The van der Waals surface area contributed by atoms with Crippen LogP contribution < -0.4 is 5.73 Å². The third-order valence-electron chi connectivity index (χ3n) is 2.92. The molecule has 0 unspecified atom stereocenters. The number of halogens is 1. The van der Waals surface area contributed by atoms with E-state index in [0.29, 0.717) is 22.8 Å². The Hall–Kier alpha value is -2.07. The summed E-state index contributed by atoms with van der Waals surface area (Å²) in [6.45, 7) is 2.35. The summed E-state index contributed by atoms with van der Waals surface area (Å²) >= 11 is 6.05. The van der Waals surface area contributed by atoms with Crippen LogP contribution in [0.5, 0.6) is 0 Å². The number of nitrogens with zero attached hydrogens (tertiary/aromatic N) is 2. The van der Waals surface area contributed by atoms with Crippen molar-refractivity contribution < 1.29 is 4.79 Å². The highest BCUT2D eigenvalue weighted by molar-refractivity contribution is 6.34. The summed E-state index contributed by atoms with van der Waals surface area (Å²) in [5.74, 6) is -0.154. The molecule has 0 atom stereocenters. The molecule has 1 aromatic carbocycles. The summed E-state index contributed by atoms with van der Waals surface area (Å²) in [5.41, 5.74) is 8.37. The maximum Gasteiger partial charge on any atom is 0.255 e. The van der Waals surface area contributed by atoms with Crippen molar-refractivity contribution in [2.24, 2.45) is 0 Å². The van der Waals surface area contributed by atoms with Crippen molar-refractivity contribution in [2.45, 2.75) is 13.5 Å². The Kier molecular flexibility index (Phi) is 4.25. The molecule has 20 heavy (non-hydrogen) atoms. The number of aryl methyl sites for hydroxylation is 1. The molecule has 2 aromatic rings. The van der Waals surface area contributed by atoms with E-state index in [1.54, 1.807) is 30.1 Å². The van der Waals surface area contributed by atoms with Gasteiger partial charge in [-0.3, -0.25) is 9.78 Å². The third-order valence-corrected chi connectivity index (χ3v) is 3.23. The Bertz CT molecular complexity index is 643. The fourth-order valence-electron chi connectivity index (χ4n) is 1.91. The first-order valence-electron chi connectivity index (χ1n) is 6.20. The van der Waals surface area contributed by atoms with Gasteiger partial charge in [-0.2, -0.15) is 0 Å². The van der Waals surface area contributed by atoms with Crippen molar-refractivity contribution in [3.63, 3.8) is 0 Å². The van der Waals surface area contributed by atoms with Crippen LogP contribution in [0.2, 0.25) is 5.02 Å². The van der Waals surface area contributed by atoms with Gasteiger partial charge in [-0.15, -0.1) is 0 Å². The SMILES string of the molecule is Cc1cccc(CN(C)C(=O)c2ccc(N)cc2Cl)n1. The zero-order chi connectivity index (χ0) is 14.7. The van der Waals surface area contributed by atoms with Crippen molar-refractivity contribution in [3.8, 4) is 0 Å². The molecule has 0 saturated carbocycles. The topological polar surface area (TPSA) is 59.2 Å². The number of hydrogen-bond donors (Lipinski definition) is 1. The number of rotatable bonds is 3. The lowest BCUT2D eigenvalue weighted by Crippen LogP contribution is -2.27. The normalized spacial score (nSPS) is 10.3. The van der Waals surface area contributed by atoms with E-state index in [-0.39, 0.29) is 5.91 Å². The number of carbonyl (C=O) groups is 1. The largest absolute Gasteiger partial charge is 0.399 e. The van der Waals surface area contributed by atoms with Crippen molar-refractivity contribution in [1.82, 2.24) is 9.88 Å². The Morgan fingerprint density at radius 2 is 2.10 bits per heavy atom. The average molecular weight is 290 g/mol. The number of anilines is 1. The maximum atomic E-state index is 12.3. The molecule has 0 radical (unpaired) electrons. The predicted octanol–water partition coefficient (Wildman–Crippen LogP) is 2.90. The molecule has 1 amide bonds. The Labute approximate surface area is 123 Å². The molecule has 2 N–H and O–H groups in total. The first-order valence-corrected chi connectivity index (χ1v) is 6.58. The molecule has 1 aromatic heterocycles. The third kappa shape index (κ3) is 3.27. The molecule has 0 fully saturated rings. The summed E-state index contributed by atoms with van der Waals surface area (Å²) in [6.07, 6.45) is 0. The highest BCUT2D eigenvalue weighted by Crippen LogP contribution is 2.20. The van der Waals surface area contributed by atoms with E-state index >= 15 is 0 Å². The number of aromatic nitrogens is 1. The molecule has 1 heterocycles. The number of carbonyl (C=O) groups excluding carboxylic acids is 1. The molecular formula is C15H16ClN3O. The van der Waals surface area contributed by atoms with Gasteiger partial charge in [0.15, 0.2) is 0 Å². The van der Waals surface area contributed by atoms with Crippen LogP contribution in [-0.4, -0.2) is 22.8 Å². The van der Waals surface area contributed by atoms with Crippen LogP contribution in [0.25, 0.3) is 0 Å². The van der Waals surface area contributed by atoms with Crippen LogP contribution in [0.3, 0.4) is 0 Å². The van der Waals surface area contributed by atoms with Crippen LogP contribution in [0.1, 0.15) is 21.7 Å². The monoisotopic (exact) mass is 289 g/mol. The highest BCUT2D eigenvalue weighted by atomic mass is 35.5. The summed E-state index contributed by atoms with van der Waals surface area (Å²) in [7, 11) is 1.72. The van der Waals surface area contributed by atoms with E-state index in [4.69, 9.17) is 17.3 Å². The van der Waals surface area contributed by atoms with Gasteiger partial charge in [0.05, 0.1) is 22.8 Å². The number of amides is 1. The van der Waals surface area contributed by atoms with E-state index in [0.717, 1.165) is 11.4 Å². The molecule has 0 bridgehead atoms. The van der Waals surface area contributed by atoms with E-state index < -0.39 is 0 Å². The molecule has 0 aliphatic rings. The first kappa shape index (κ1) is 14.3. The van der Waals surface area contributed by atoms with Gasteiger partial charge in [0.25, 0.3) is 5.91 Å². The molecule has 2 rings (SSSR count). The second-order valence-corrected chi connectivity index (χ2v) is 5.08. The number of nitrogen functional groups attached to an aromatic ring is 1. The lowest BCUT2D eigenvalue weighted by molar-refractivity contribution is 0.0783. The molecule has 104 valence electrons. The average Bonchev–Trinajstić information content (AvgIpc) is 2.38. The molecule has 0 spiro atoms. The summed E-state index contributed by atoms with van der Waals surface area (Å²) in [5, 5.41) is 0.360. The van der Waals surface area contributed by atoms with Gasteiger partial charge in [0.1, 0.15) is 0 Å². The fourth-order valence-corrected chi connectivity index (χ4v) is 2.18. The molecule has 4 nitrogen and oxygen atoms in total. The number of pyridine rings is 1. The number of hydrogen-bond acceptors (Lipinski definition) is 3. The Balaban J connectivity index is 2.16. The second-order valence-electron chi connectivity index (χ2n) is 4.67. The minimum atomic E-state index is -0.154. The maximum absolute atomic E-state index is 12.3. The van der Waals surface area contributed by atoms with Crippen molar-refractivity contribution in [3.05, 3.63) is 58.4 Å². The Morgan fingerprint density at radius 1 is 1.35 bits per heavy atom. The van der Waals surface area contributed by atoms with Crippen LogP contribution in [0.15, 0.2) is 36.4 Å². The van der Waals surface area contributed by atoms with E-state index in [1.807, 2.05) is 25.1 Å². The molecular weight excluding hydrogens is 274 g/mol. The van der Waals surface area contributed by atoms with Gasteiger partial charge < -0.3 is 10.6 Å². The second kappa shape index (κ2) is 5.92.